The fourth-order valence-electron chi connectivity index (χ4n) is 3.16. The standard InChI is InChI=1S/C14H26N2OS/c15-10-12-3-1-2-4-13(12)16-14(17)9-11-5-7-18-8-6-11/h11-13H,1-10,15H2,(H,16,17). The molecular weight excluding hydrogens is 244 g/mol. The number of carbonyl (C=O) groups is 1. The number of amides is 1. The molecule has 0 aromatic rings. The molecule has 3 nitrogen and oxygen atoms in total. The minimum absolute atomic E-state index is 0.261. The topological polar surface area (TPSA) is 55.1 Å². The Morgan fingerprint density at radius 3 is 2.61 bits per heavy atom. The first-order valence-electron chi connectivity index (χ1n) is 7.36. The molecule has 0 bridgehead atoms. The predicted octanol–water partition coefficient (Wildman–Crippen LogP) is 2.15. The zero-order chi connectivity index (χ0) is 12.8. The third kappa shape index (κ3) is 4.16. The monoisotopic (exact) mass is 270 g/mol. The fourth-order valence-corrected chi connectivity index (χ4v) is 4.36. The van der Waals surface area contributed by atoms with Gasteiger partial charge in [0.25, 0.3) is 0 Å². The highest BCUT2D eigenvalue weighted by Crippen LogP contribution is 2.26. The lowest BCUT2D eigenvalue weighted by Crippen LogP contribution is -2.45. The smallest absolute Gasteiger partial charge is 0.220 e. The van der Waals surface area contributed by atoms with E-state index in [1.807, 2.05) is 11.8 Å². The molecule has 2 unspecified atom stereocenters. The highest BCUT2D eigenvalue weighted by Gasteiger charge is 2.26. The number of carbonyl (C=O) groups excluding carboxylic acids is 1. The van der Waals surface area contributed by atoms with Gasteiger partial charge in [0.15, 0.2) is 0 Å². The van der Waals surface area contributed by atoms with Crippen molar-refractivity contribution in [3.05, 3.63) is 0 Å². The van der Waals surface area contributed by atoms with Gasteiger partial charge in [0.05, 0.1) is 0 Å². The molecule has 2 rings (SSSR count). The van der Waals surface area contributed by atoms with Crippen LogP contribution in [0.25, 0.3) is 0 Å². The third-order valence-electron chi connectivity index (χ3n) is 4.37. The van der Waals surface area contributed by atoms with Gasteiger partial charge in [0.2, 0.25) is 5.91 Å². The van der Waals surface area contributed by atoms with E-state index in [2.05, 4.69) is 5.32 Å². The van der Waals surface area contributed by atoms with Crippen molar-refractivity contribution in [2.24, 2.45) is 17.6 Å². The molecule has 2 fully saturated rings. The van der Waals surface area contributed by atoms with Gasteiger partial charge in [-0.1, -0.05) is 12.8 Å². The second kappa shape index (κ2) is 7.39. The average molecular weight is 270 g/mol. The Bertz CT molecular complexity index is 267. The van der Waals surface area contributed by atoms with Crippen LogP contribution in [0.1, 0.15) is 44.9 Å². The zero-order valence-corrected chi connectivity index (χ0v) is 12.0. The molecule has 18 heavy (non-hydrogen) atoms. The van der Waals surface area contributed by atoms with Crippen LogP contribution in [0.2, 0.25) is 0 Å². The lowest BCUT2D eigenvalue weighted by molar-refractivity contribution is -0.123. The van der Waals surface area contributed by atoms with Crippen LogP contribution in [0.3, 0.4) is 0 Å². The molecule has 4 heteroatoms. The molecule has 0 radical (unpaired) electrons. The van der Waals surface area contributed by atoms with E-state index < -0.39 is 0 Å². The molecule has 1 saturated carbocycles. The quantitative estimate of drug-likeness (QED) is 0.823. The van der Waals surface area contributed by atoms with Crippen LogP contribution in [0, 0.1) is 11.8 Å². The molecular formula is C14H26N2OS. The van der Waals surface area contributed by atoms with E-state index in [0.717, 1.165) is 12.8 Å². The van der Waals surface area contributed by atoms with E-state index >= 15 is 0 Å². The molecule has 2 atom stereocenters. The first-order valence-corrected chi connectivity index (χ1v) is 8.52. The summed E-state index contributed by atoms with van der Waals surface area (Å²) in [6, 6.07) is 0.342. The zero-order valence-electron chi connectivity index (χ0n) is 11.2. The first-order chi connectivity index (χ1) is 8.79. The first kappa shape index (κ1) is 14.2. The Balaban J connectivity index is 1.75. The van der Waals surface area contributed by atoms with Gasteiger partial charge in [-0.3, -0.25) is 4.79 Å². The van der Waals surface area contributed by atoms with Gasteiger partial charge in [-0.15, -0.1) is 0 Å². The summed E-state index contributed by atoms with van der Waals surface area (Å²) >= 11 is 2.02. The Morgan fingerprint density at radius 2 is 1.89 bits per heavy atom. The van der Waals surface area contributed by atoms with Gasteiger partial charge in [-0.25, -0.2) is 0 Å². The summed E-state index contributed by atoms with van der Waals surface area (Å²) in [5.41, 5.74) is 5.80. The Labute approximate surface area is 115 Å². The molecule has 1 aliphatic heterocycles. The van der Waals surface area contributed by atoms with E-state index in [9.17, 15) is 4.79 Å². The minimum atomic E-state index is 0.261. The van der Waals surface area contributed by atoms with Crippen molar-refractivity contribution in [2.45, 2.75) is 51.0 Å². The number of hydrogen-bond donors (Lipinski definition) is 2. The summed E-state index contributed by atoms with van der Waals surface area (Å²) in [4.78, 5) is 12.1. The number of nitrogens with one attached hydrogen (secondary N) is 1. The Morgan fingerprint density at radius 1 is 1.17 bits per heavy atom. The predicted molar refractivity (Wildman–Crippen MR) is 77.6 cm³/mol. The molecule has 3 N–H and O–H groups in total. The van der Waals surface area contributed by atoms with Crippen LogP contribution in [-0.4, -0.2) is 30.0 Å². The van der Waals surface area contributed by atoms with Gasteiger partial charge in [0.1, 0.15) is 0 Å². The maximum atomic E-state index is 12.1. The van der Waals surface area contributed by atoms with E-state index in [1.54, 1.807) is 0 Å². The average Bonchev–Trinajstić information content (AvgIpc) is 2.40. The largest absolute Gasteiger partial charge is 0.353 e. The molecule has 104 valence electrons. The van der Waals surface area contributed by atoms with Gasteiger partial charge < -0.3 is 11.1 Å². The van der Waals surface area contributed by atoms with Crippen LogP contribution in [0.15, 0.2) is 0 Å². The van der Waals surface area contributed by atoms with Crippen molar-refractivity contribution in [1.82, 2.24) is 5.32 Å². The highest BCUT2D eigenvalue weighted by molar-refractivity contribution is 7.99. The normalized spacial score (nSPS) is 30.1. The molecule has 1 heterocycles. The number of thioether (sulfide) groups is 1. The van der Waals surface area contributed by atoms with Gasteiger partial charge >= 0.3 is 0 Å². The fraction of sp³-hybridized carbons (Fsp3) is 0.929. The van der Waals surface area contributed by atoms with Gasteiger partial charge in [0, 0.05) is 12.5 Å². The van der Waals surface area contributed by atoms with Crippen LogP contribution < -0.4 is 11.1 Å². The molecule has 1 amide bonds. The number of hydrogen-bond acceptors (Lipinski definition) is 3. The van der Waals surface area contributed by atoms with Crippen molar-refractivity contribution in [3.8, 4) is 0 Å². The Hall–Kier alpha value is -0.220. The van der Waals surface area contributed by atoms with Crippen molar-refractivity contribution in [1.29, 1.82) is 0 Å². The summed E-state index contributed by atoms with van der Waals surface area (Å²) in [5.74, 6) is 3.84. The lowest BCUT2D eigenvalue weighted by atomic mass is 9.84. The van der Waals surface area contributed by atoms with Crippen LogP contribution >= 0.6 is 11.8 Å². The highest BCUT2D eigenvalue weighted by atomic mass is 32.2. The molecule has 0 spiro atoms. The molecule has 0 aromatic carbocycles. The number of nitrogens with two attached hydrogens (primary N) is 1. The Kier molecular flexibility index (Phi) is 5.83. The summed E-state index contributed by atoms with van der Waals surface area (Å²) in [7, 11) is 0. The van der Waals surface area contributed by atoms with Crippen LogP contribution in [0.5, 0.6) is 0 Å². The summed E-state index contributed by atoms with van der Waals surface area (Å²) in [6.45, 7) is 0.713. The molecule has 1 aliphatic carbocycles. The molecule has 2 aliphatic rings. The summed E-state index contributed by atoms with van der Waals surface area (Å²) < 4.78 is 0. The van der Waals surface area contributed by atoms with E-state index in [1.165, 1.54) is 43.6 Å². The van der Waals surface area contributed by atoms with E-state index in [-0.39, 0.29) is 5.91 Å². The van der Waals surface area contributed by atoms with Crippen LogP contribution in [-0.2, 0) is 4.79 Å². The van der Waals surface area contributed by atoms with Gasteiger partial charge in [-0.05, 0) is 55.6 Å². The molecule has 0 aromatic heterocycles. The van der Waals surface area contributed by atoms with E-state index in [4.69, 9.17) is 5.73 Å². The molecule has 1 saturated heterocycles. The minimum Gasteiger partial charge on any atom is -0.353 e. The second-order valence-electron chi connectivity index (χ2n) is 5.71. The third-order valence-corrected chi connectivity index (χ3v) is 5.42. The summed E-state index contributed by atoms with van der Waals surface area (Å²) in [6.07, 6.45) is 7.96. The van der Waals surface area contributed by atoms with Gasteiger partial charge in [-0.2, -0.15) is 11.8 Å². The maximum Gasteiger partial charge on any atom is 0.220 e. The second-order valence-corrected chi connectivity index (χ2v) is 6.94. The van der Waals surface area contributed by atoms with Crippen molar-refractivity contribution >= 4 is 17.7 Å². The summed E-state index contributed by atoms with van der Waals surface area (Å²) in [5, 5.41) is 3.24. The van der Waals surface area contributed by atoms with Crippen molar-refractivity contribution in [2.75, 3.05) is 18.1 Å². The number of rotatable bonds is 4. The SMILES string of the molecule is NCC1CCCCC1NC(=O)CC1CCSCC1. The van der Waals surface area contributed by atoms with Crippen molar-refractivity contribution < 1.29 is 4.79 Å². The maximum absolute atomic E-state index is 12.1. The van der Waals surface area contributed by atoms with E-state index in [0.29, 0.717) is 24.4 Å². The lowest BCUT2D eigenvalue weighted by Gasteiger charge is -2.32. The van der Waals surface area contributed by atoms with Crippen molar-refractivity contribution in [3.63, 3.8) is 0 Å². The van der Waals surface area contributed by atoms with Crippen LogP contribution in [0.4, 0.5) is 0 Å².